The van der Waals surface area contributed by atoms with Crippen molar-refractivity contribution >= 4 is 44.8 Å². The van der Waals surface area contributed by atoms with E-state index in [0.717, 1.165) is 5.56 Å². The number of methoxy groups -OCH3 is 1. The van der Waals surface area contributed by atoms with E-state index < -0.39 is 15.9 Å². The molecule has 30 heavy (non-hydrogen) atoms. The Labute approximate surface area is 184 Å². The normalized spacial score (nSPS) is 11.2. The lowest BCUT2D eigenvalue weighted by Crippen LogP contribution is -2.23. The molecule has 0 aliphatic heterocycles. The molecule has 0 saturated heterocycles. The number of anilines is 1. The third kappa shape index (κ3) is 5.52. The van der Waals surface area contributed by atoms with Crippen LogP contribution in [-0.2, 0) is 16.6 Å². The molecule has 0 heterocycles. The van der Waals surface area contributed by atoms with E-state index in [9.17, 15) is 13.2 Å². The molecule has 156 valence electrons. The molecule has 0 saturated carbocycles. The Kier molecular flexibility index (Phi) is 6.99. The van der Waals surface area contributed by atoms with Gasteiger partial charge in [0.15, 0.2) is 0 Å². The molecule has 0 spiro atoms. The van der Waals surface area contributed by atoms with Crippen LogP contribution in [0.15, 0.2) is 71.6 Å². The SMILES string of the molecule is COc1ccc(S(=O)(=O)NCc2ccc(Cl)cc2)cc1NC(=O)c1cccc(Cl)c1. The molecule has 0 aliphatic carbocycles. The summed E-state index contributed by atoms with van der Waals surface area (Å²) in [5.41, 5.74) is 1.31. The predicted octanol–water partition coefficient (Wildman–Crippen LogP) is 4.73. The Bertz CT molecular complexity index is 1170. The molecule has 9 heteroatoms. The maximum absolute atomic E-state index is 12.7. The predicted molar refractivity (Wildman–Crippen MR) is 118 cm³/mol. The second-order valence-electron chi connectivity index (χ2n) is 6.28. The summed E-state index contributed by atoms with van der Waals surface area (Å²) in [6, 6.07) is 17.5. The van der Waals surface area contributed by atoms with Gasteiger partial charge in [-0.05, 0) is 54.1 Å². The third-order valence-electron chi connectivity index (χ3n) is 4.20. The van der Waals surface area contributed by atoms with E-state index in [1.807, 2.05) is 0 Å². The lowest BCUT2D eigenvalue weighted by molar-refractivity contribution is 0.102. The minimum absolute atomic E-state index is 0.0151. The van der Waals surface area contributed by atoms with Crippen LogP contribution in [0, 0.1) is 0 Å². The van der Waals surface area contributed by atoms with Gasteiger partial charge in [0.25, 0.3) is 5.91 Å². The van der Waals surface area contributed by atoms with E-state index in [-0.39, 0.29) is 17.1 Å². The number of carbonyl (C=O) groups excluding carboxylic acids is 1. The minimum atomic E-state index is -3.83. The van der Waals surface area contributed by atoms with Crippen LogP contribution in [-0.4, -0.2) is 21.4 Å². The number of hydrogen-bond donors (Lipinski definition) is 2. The molecule has 2 N–H and O–H groups in total. The molecule has 0 unspecified atom stereocenters. The van der Waals surface area contributed by atoms with E-state index in [1.54, 1.807) is 42.5 Å². The van der Waals surface area contributed by atoms with Crippen molar-refractivity contribution in [3.05, 3.63) is 87.9 Å². The van der Waals surface area contributed by atoms with Gasteiger partial charge in [0.05, 0.1) is 17.7 Å². The Morgan fingerprint density at radius 3 is 2.37 bits per heavy atom. The molecule has 0 fully saturated rings. The van der Waals surface area contributed by atoms with Crippen LogP contribution in [0.1, 0.15) is 15.9 Å². The second kappa shape index (κ2) is 9.49. The first-order chi connectivity index (χ1) is 14.3. The van der Waals surface area contributed by atoms with E-state index >= 15 is 0 Å². The molecule has 3 aromatic carbocycles. The number of amides is 1. The Balaban J connectivity index is 1.82. The van der Waals surface area contributed by atoms with Crippen LogP contribution in [0.5, 0.6) is 5.75 Å². The highest BCUT2D eigenvalue weighted by atomic mass is 35.5. The molecule has 3 aromatic rings. The van der Waals surface area contributed by atoms with Gasteiger partial charge in [0.2, 0.25) is 10.0 Å². The molecule has 1 amide bonds. The van der Waals surface area contributed by atoms with Gasteiger partial charge in [-0.1, -0.05) is 41.4 Å². The van der Waals surface area contributed by atoms with Crippen molar-refractivity contribution in [2.45, 2.75) is 11.4 Å². The summed E-state index contributed by atoms with van der Waals surface area (Å²) in [6.07, 6.45) is 0. The number of hydrogen-bond acceptors (Lipinski definition) is 4. The molecule has 0 atom stereocenters. The first-order valence-corrected chi connectivity index (χ1v) is 11.0. The summed E-state index contributed by atoms with van der Waals surface area (Å²) in [4.78, 5) is 12.5. The quantitative estimate of drug-likeness (QED) is 0.528. The topological polar surface area (TPSA) is 84.5 Å². The summed E-state index contributed by atoms with van der Waals surface area (Å²) in [6.45, 7) is 0.0930. The highest BCUT2D eigenvalue weighted by molar-refractivity contribution is 7.89. The van der Waals surface area contributed by atoms with E-state index in [1.165, 1.54) is 31.4 Å². The number of benzene rings is 3. The van der Waals surface area contributed by atoms with Gasteiger partial charge in [-0.3, -0.25) is 4.79 Å². The van der Waals surface area contributed by atoms with Gasteiger partial charge >= 0.3 is 0 Å². The van der Waals surface area contributed by atoms with Crippen molar-refractivity contribution in [2.24, 2.45) is 0 Å². The van der Waals surface area contributed by atoms with Gasteiger partial charge in [0, 0.05) is 22.2 Å². The van der Waals surface area contributed by atoms with Crippen molar-refractivity contribution in [1.29, 1.82) is 0 Å². The first-order valence-electron chi connectivity index (χ1n) is 8.77. The minimum Gasteiger partial charge on any atom is -0.495 e. The highest BCUT2D eigenvalue weighted by Gasteiger charge is 2.18. The van der Waals surface area contributed by atoms with Gasteiger partial charge in [0.1, 0.15) is 5.75 Å². The molecular formula is C21H18Cl2N2O4S. The number of sulfonamides is 1. The second-order valence-corrected chi connectivity index (χ2v) is 8.92. The van der Waals surface area contributed by atoms with E-state index in [4.69, 9.17) is 27.9 Å². The lowest BCUT2D eigenvalue weighted by atomic mass is 10.2. The van der Waals surface area contributed by atoms with E-state index in [0.29, 0.717) is 21.4 Å². The summed E-state index contributed by atoms with van der Waals surface area (Å²) >= 11 is 11.8. The fraction of sp³-hybridized carbons (Fsp3) is 0.0952. The first kappa shape index (κ1) is 22.1. The smallest absolute Gasteiger partial charge is 0.255 e. The molecular weight excluding hydrogens is 447 g/mol. The van der Waals surface area contributed by atoms with Gasteiger partial charge in [-0.2, -0.15) is 0 Å². The molecule has 0 radical (unpaired) electrons. The van der Waals surface area contributed by atoms with Crippen molar-refractivity contribution in [3.8, 4) is 5.75 Å². The van der Waals surface area contributed by atoms with Crippen molar-refractivity contribution in [1.82, 2.24) is 4.72 Å². The summed E-state index contributed by atoms with van der Waals surface area (Å²) in [5.74, 6) is -0.124. The fourth-order valence-electron chi connectivity index (χ4n) is 2.64. The maximum atomic E-state index is 12.7. The van der Waals surface area contributed by atoms with Gasteiger partial charge < -0.3 is 10.1 Å². The number of nitrogens with one attached hydrogen (secondary N) is 2. The van der Waals surface area contributed by atoms with Crippen molar-refractivity contribution in [3.63, 3.8) is 0 Å². The monoisotopic (exact) mass is 464 g/mol. The summed E-state index contributed by atoms with van der Waals surface area (Å²) < 4.78 is 33.2. The van der Waals surface area contributed by atoms with Crippen molar-refractivity contribution < 1.29 is 17.9 Å². The van der Waals surface area contributed by atoms with Crippen LogP contribution in [0.4, 0.5) is 5.69 Å². The van der Waals surface area contributed by atoms with Crippen LogP contribution >= 0.6 is 23.2 Å². The number of halogens is 2. The summed E-state index contributed by atoms with van der Waals surface area (Å²) in [7, 11) is -2.41. The molecule has 6 nitrogen and oxygen atoms in total. The molecule has 0 aliphatic rings. The zero-order valence-electron chi connectivity index (χ0n) is 15.9. The van der Waals surface area contributed by atoms with Gasteiger partial charge in [-0.15, -0.1) is 0 Å². The lowest BCUT2D eigenvalue weighted by Gasteiger charge is -2.13. The van der Waals surface area contributed by atoms with Gasteiger partial charge in [-0.25, -0.2) is 13.1 Å². The Morgan fingerprint density at radius 2 is 1.70 bits per heavy atom. The van der Waals surface area contributed by atoms with Crippen LogP contribution in [0.25, 0.3) is 0 Å². The fourth-order valence-corrected chi connectivity index (χ4v) is 4.00. The third-order valence-corrected chi connectivity index (χ3v) is 6.08. The Morgan fingerprint density at radius 1 is 0.967 bits per heavy atom. The molecule has 3 rings (SSSR count). The number of ether oxygens (including phenoxy) is 1. The van der Waals surface area contributed by atoms with E-state index in [2.05, 4.69) is 10.0 Å². The van der Waals surface area contributed by atoms with Crippen molar-refractivity contribution in [2.75, 3.05) is 12.4 Å². The molecule has 0 aromatic heterocycles. The zero-order valence-corrected chi connectivity index (χ0v) is 18.2. The zero-order chi connectivity index (χ0) is 21.7. The highest BCUT2D eigenvalue weighted by Crippen LogP contribution is 2.28. The average Bonchev–Trinajstić information content (AvgIpc) is 2.73. The van der Waals surface area contributed by atoms with Crippen LogP contribution < -0.4 is 14.8 Å². The Hall–Kier alpha value is -2.58. The maximum Gasteiger partial charge on any atom is 0.255 e. The van der Waals surface area contributed by atoms with Crippen LogP contribution in [0.3, 0.4) is 0 Å². The number of carbonyl (C=O) groups is 1. The number of rotatable bonds is 7. The molecule has 0 bridgehead atoms. The standard InChI is InChI=1S/C21H18Cl2N2O4S/c1-29-20-10-9-18(30(27,28)24-13-14-5-7-16(22)8-6-14)12-19(20)25-21(26)15-3-2-4-17(23)11-15/h2-12,24H,13H2,1H3,(H,25,26). The summed E-state index contributed by atoms with van der Waals surface area (Å²) in [5, 5.41) is 3.65. The van der Waals surface area contributed by atoms with Crippen LogP contribution in [0.2, 0.25) is 10.0 Å². The largest absolute Gasteiger partial charge is 0.495 e. The average molecular weight is 465 g/mol.